The summed E-state index contributed by atoms with van der Waals surface area (Å²) in [6, 6.07) is 0. The Morgan fingerprint density at radius 1 is 0.882 bits per heavy atom. The average Bonchev–Trinajstić information content (AvgIpc) is 2.67. The third-order valence-corrected chi connectivity index (χ3v) is 3.38. The molecule has 0 amide bonds. The van der Waals surface area contributed by atoms with E-state index in [0.29, 0.717) is 41.8 Å². The van der Waals surface area contributed by atoms with E-state index in [1.54, 1.807) is 13.8 Å². The van der Waals surface area contributed by atoms with E-state index >= 15 is 0 Å². The van der Waals surface area contributed by atoms with Gasteiger partial charge >= 0.3 is 11.9 Å². The zero-order valence-corrected chi connectivity index (χ0v) is 22.3. The molecule has 2 N–H and O–H groups in total. The van der Waals surface area contributed by atoms with Crippen molar-refractivity contribution in [1.29, 1.82) is 0 Å². The quantitative estimate of drug-likeness (QED) is 0.180. The SMILES string of the molecule is C=C(C)C(=O)OCCCC.C=C(C)C(=O)OCCCC[N+](C)(C)CC(=O)[O-].CC(=O)O.CNC. The molecule has 0 aliphatic carbocycles. The molecule has 0 atom stereocenters. The van der Waals surface area contributed by atoms with Gasteiger partial charge in [-0.1, -0.05) is 26.5 Å². The van der Waals surface area contributed by atoms with Gasteiger partial charge in [-0.15, -0.1) is 0 Å². The summed E-state index contributed by atoms with van der Waals surface area (Å²) in [7, 11) is 7.41. The minimum atomic E-state index is -1.05. The van der Waals surface area contributed by atoms with Crippen LogP contribution in [0.25, 0.3) is 0 Å². The first-order chi connectivity index (χ1) is 15.6. The molecule has 10 heteroatoms. The second-order valence-corrected chi connectivity index (χ2v) is 8.10. The maximum atomic E-state index is 11.0. The lowest BCUT2D eigenvalue weighted by molar-refractivity contribution is -0.885. The first kappa shape index (κ1) is 38.5. The van der Waals surface area contributed by atoms with Crippen molar-refractivity contribution < 1.29 is 43.3 Å². The van der Waals surface area contributed by atoms with Crippen LogP contribution in [0.1, 0.15) is 53.4 Å². The van der Waals surface area contributed by atoms with E-state index in [-0.39, 0.29) is 18.5 Å². The van der Waals surface area contributed by atoms with Crippen LogP contribution in [0.5, 0.6) is 0 Å². The van der Waals surface area contributed by atoms with E-state index in [9.17, 15) is 19.5 Å². The number of nitrogens with one attached hydrogen (secondary N) is 1. The molecule has 34 heavy (non-hydrogen) atoms. The maximum absolute atomic E-state index is 11.0. The highest BCUT2D eigenvalue weighted by atomic mass is 16.5. The van der Waals surface area contributed by atoms with Crippen molar-refractivity contribution >= 4 is 23.9 Å². The lowest BCUT2D eigenvalue weighted by atomic mass is 10.3. The second kappa shape index (κ2) is 24.9. The van der Waals surface area contributed by atoms with Crippen molar-refractivity contribution in [3.05, 3.63) is 24.3 Å². The van der Waals surface area contributed by atoms with Crippen molar-refractivity contribution in [2.24, 2.45) is 0 Å². The van der Waals surface area contributed by atoms with E-state index < -0.39 is 11.9 Å². The highest BCUT2D eigenvalue weighted by Crippen LogP contribution is 2.02. The van der Waals surface area contributed by atoms with Crippen LogP contribution < -0.4 is 10.4 Å². The van der Waals surface area contributed by atoms with Crippen LogP contribution in [0.4, 0.5) is 0 Å². The summed E-state index contributed by atoms with van der Waals surface area (Å²) < 4.78 is 10.1. The van der Waals surface area contributed by atoms with Gasteiger partial charge in [0, 0.05) is 18.1 Å². The summed E-state index contributed by atoms with van der Waals surface area (Å²) in [5.74, 6) is -2.55. The van der Waals surface area contributed by atoms with Crippen molar-refractivity contribution in [3.63, 3.8) is 0 Å². The summed E-state index contributed by atoms with van der Waals surface area (Å²) in [6.45, 7) is 14.9. The third kappa shape index (κ3) is 39.7. The number of carbonyl (C=O) groups excluding carboxylic acids is 3. The number of nitrogens with zero attached hydrogens (tertiary/aromatic N) is 1. The minimum Gasteiger partial charge on any atom is -0.544 e. The van der Waals surface area contributed by atoms with Gasteiger partial charge in [0.15, 0.2) is 0 Å². The molecule has 0 bridgehead atoms. The van der Waals surface area contributed by atoms with Gasteiger partial charge < -0.3 is 34.3 Å². The van der Waals surface area contributed by atoms with Crippen molar-refractivity contribution in [1.82, 2.24) is 5.32 Å². The molecule has 10 nitrogen and oxygen atoms in total. The molecule has 0 spiro atoms. The molecule has 0 radical (unpaired) electrons. The van der Waals surface area contributed by atoms with Crippen molar-refractivity contribution in [3.8, 4) is 0 Å². The van der Waals surface area contributed by atoms with Gasteiger partial charge in [0.2, 0.25) is 0 Å². The van der Waals surface area contributed by atoms with Gasteiger partial charge in [0.1, 0.15) is 6.54 Å². The summed E-state index contributed by atoms with van der Waals surface area (Å²) >= 11 is 0. The molecule has 0 aromatic carbocycles. The number of ether oxygens (including phenoxy) is 2. The smallest absolute Gasteiger partial charge is 0.333 e. The fourth-order valence-electron chi connectivity index (χ4n) is 1.79. The fourth-order valence-corrected chi connectivity index (χ4v) is 1.79. The summed E-state index contributed by atoms with van der Waals surface area (Å²) in [5, 5.41) is 20.6. The van der Waals surface area contributed by atoms with Crippen molar-refractivity contribution in [2.75, 3.05) is 54.5 Å². The number of likely N-dealkylation sites (N-methyl/N-ethyl adjacent to an activating group) is 1. The topological polar surface area (TPSA) is 142 Å². The largest absolute Gasteiger partial charge is 0.544 e. The van der Waals surface area contributed by atoms with Crippen molar-refractivity contribution in [2.45, 2.75) is 53.4 Å². The minimum absolute atomic E-state index is 0.00838. The van der Waals surface area contributed by atoms with Crippen LogP contribution in [-0.2, 0) is 28.7 Å². The Morgan fingerprint density at radius 3 is 1.53 bits per heavy atom. The number of carbonyl (C=O) groups is 4. The lowest BCUT2D eigenvalue weighted by Crippen LogP contribution is -2.48. The van der Waals surface area contributed by atoms with E-state index in [1.165, 1.54) is 0 Å². The number of hydrogen-bond donors (Lipinski definition) is 2. The molecular formula is C24H46N2O8. The highest BCUT2D eigenvalue weighted by molar-refractivity contribution is 5.87. The maximum Gasteiger partial charge on any atom is 0.333 e. The van der Waals surface area contributed by atoms with Crippen LogP contribution in [-0.4, -0.2) is 88.0 Å². The Labute approximate surface area is 205 Å². The summed E-state index contributed by atoms with van der Waals surface area (Å²) in [5.41, 5.74) is 0.856. The van der Waals surface area contributed by atoms with Gasteiger partial charge in [0.25, 0.3) is 5.97 Å². The Bertz CT molecular complexity index is 612. The van der Waals surface area contributed by atoms with Gasteiger partial charge in [0.05, 0.1) is 39.8 Å². The number of aliphatic carboxylic acids is 2. The zero-order valence-electron chi connectivity index (χ0n) is 22.3. The number of carboxylic acids is 2. The Balaban J connectivity index is -0.000000222. The van der Waals surface area contributed by atoms with Gasteiger partial charge in [-0.2, -0.15) is 0 Å². The van der Waals surface area contributed by atoms with Crippen LogP contribution >= 0.6 is 0 Å². The molecule has 0 fully saturated rings. The molecule has 0 aromatic heterocycles. The average molecular weight is 491 g/mol. The molecule has 0 unspecified atom stereocenters. The number of quaternary nitrogens is 1. The Hall–Kier alpha value is -2.72. The van der Waals surface area contributed by atoms with E-state index in [1.807, 2.05) is 28.2 Å². The van der Waals surface area contributed by atoms with E-state index in [4.69, 9.17) is 19.4 Å². The second-order valence-electron chi connectivity index (χ2n) is 8.10. The van der Waals surface area contributed by atoms with Crippen LogP contribution in [0.2, 0.25) is 0 Å². The predicted octanol–water partition coefficient (Wildman–Crippen LogP) is 1.54. The Kier molecular flexibility index (Phi) is 28.2. The molecule has 0 aliphatic heterocycles. The van der Waals surface area contributed by atoms with Gasteiger partial charge in [-0.25, -0.2) is 9.59 Å². The molecular weight excluding hydrogens is 444 g/mol. The van der Waals surface area contributed by atoms with Crippen LogP contribution in [0, 0.1) is 0 Å². The van der Waals surface area contributed by atoms with Crippen LogP contribution in [0.15, 0.2) is 24.3 Å². The molecule has 0 saturated carbocycles. The number of carboxylic acid groups (broad SMARTS) is 2. The highest BCUT2D eigenvalue weighted by Gasteiger charge is 2.14. The zero-order chi connectivity index (χ0) is 27.7. The molecule has 200 valence electrons. The number of hydrogen-bond acceptors (Lipinski definition) is 8. The molecule has 0 heterocycles. The first-order valence-electron chi connectivity index (χ1n) is 11.0. The van der Waals surface area contributed by atoms with Gasteiger partial charge in [-0.05, 0) is 47.2 Å². The molecule has 0 aliphatic rings. The number of rotatable bonds is 12. The summed E-state index contributed by atoms with van der Waals surface area (Å²) in [4.78, 5) is 41.2. The van der Waals surface area contributed by atoms with E-state index in [0.717, 1.165) is 26.2 Å². The lowest BCUT2D eigenvalue weighted by Gasteiger charge is -2.30. The Morgan fingerprint density at radius 2 is 1.24 bits per heavy atom. The molecule has 0 aromatic rings. The monoisotopic (exact) mass is 490 g/mol. The fraction of sp³-hybridized carbons (Fsp3) is 0.667. The molecule has 0 saturated heterocycles. The number of unbranched alkanes of at least 4 members (excludes halogenated alkanes) is 2. The first-order valence-corrected chi connectivity index (χ1v) is 11.0. The third-order valence-electron chi connectivity index (χ3n) is 3.38. The van der Waals surface area contributed by atoms with Gasteiger partial charge in [-0.3, -0.25) is 4.79 Å². The predicted molar refractivity (Wildman–Crippen MR) is 131 cm³/mol. The van der Waals surface area contributed by atoms with Crippen LogP contribution in [0.3, 0.4) is 0 Å². The van der Waals surface area contributed by atoms with E-state index in [2.05, 4.69) is 25.4 Å². The normalized spacial score (nSPS) is 9.41. The number of esters is 2. The summed E-state index contributed by atoms with van der Waals surface area (Å²) in [6.07, 6.45) is 3.49. The molecule has 0 rings (SSSR count). The standard InChI is InChI=1S/C12H21NO4.C8H14O2.C2H7N.C2H4O2/c1-10(2)12(16)17-8-6-5-7-13(3,4)9-11(14)15;1-4-5-6-10-8(9)7(2)3;1-3-2;1-2(3)4/h1,5-9H2,2-4H3;2,4-6H2,1,3H3;3H,1-2H3;1H3,(H,3,4).